The first-order chi connectivity index (χ1) is 2.81. The Bertz CT molecular complexity index is 117. The molecule has 0 rings (SSSR count). The highest BCUT2D eigenvalue weighted by Gasteiger charge is 1.77. The van der Waals surface area contributed by atoms with Gasteiger partial charge in [-0.3, -0.25) is 0 Å². The van der Waals surface area contributed by atoms with Crippen molar-refractivity contribution >= 4 is 0 Å². The van der Waals surface area contributed by atoms with Crippen LogP contribution < -0.4 is 0 Å². The summed E-state index contributed by atoms with van der Waals surface area (Å²) in [7, 11) is 0. The summed E-state index contributed by atoms with van der Waals surface area (Å²) >= 11 is 0. The Hall–Kier alpha value is -1.28. The largest absolute Gasteiger partial charge is 0.192 e. The average molecular weight is 76.1 g/mol. The van der Waals surface area contributed by atoms with Crippen molar-refractivity contribution in [3.63, 3.8) is 0 Å². The molecule has 0 saturated heterocycles. The Balaban J connectivity index is 3.75. The van der Waals surface area contributed by atoms with Crippen LogP contribution in [-0.2, 0) is 0 Å². The molecule has 0 aromatic heterocycles. The molecule has 0 N–H and O–H groups in total. The van der Waals surface area contributed by atoms with E-state index in [1.807, 2.05) is 0 Å². The minimum Gasteiger partial charge on any atom is -0.192 e. The third-order valence-corrected chi connectivity index (χ3v) is 0.224. The zero-order chi connectivity index (χ0) is 4.99. The van der Waals surface area contributed by atoms with Crippen molar-refractivity contribution in [2.75, 3.05) is 0 Å². The van der Waals surface area contributed by atoms with Gasteiger partial charge in [0.25, 0.3) is 0 Å². The molecule has 0 aliphatic rings. The topological polar surface area (TPSA) is 47.6 Å². The highest BCUT2D eigenvalue weighted by molar-refractivity contribution is 5.29. The van der Waals surface area contributed by atoms with Crippen molar-refractivity contribution in [3.8, 4) is 12.1 Å². The Labute approximate surface area is 35.9 Å². The molecule has 6 heavy (non-hydrogen) atoms. The molecule has 26 valence electrons. The molecule has 0 fully saturated rings. The lowest BCUT2D eigenvalue weighted by molar-refractivity contribution is 1.47. The minimum absolute atomic E-state index is 0.546. The van der Waals surface area contributed by atoms with Crippen LogP contribution in [0.2, 0.25) is 0 Å². The lowest BCUT2D eigenvalue weighted by atomic mass is 10.4. The predicted octanol–water partition coefficient (Wildman–Crippen LogP) is 0.270. The second kappa shape index (κ2) is 1.99. The van der Waals surface area contributed by atoms with E-state index >= 15 is 0 Å². The molecule has 0 amide bonds. The van der Waals surface area contributed by atoms with Gasteiger partial charge in [0.2, 0.25) is 0 Å². The molecule has 2 nitrogen and oxygen atoms in total. The van der Waals surface area contributed by atoms with Gasteiger partial charge in [0.15, 0.2) is 0 Å². The van der Waals surface area contributed by atoms with Crippen LogP contribution in [-0.4, -0.2) is 0 Å². The Morgan fingerprint density at radius 2 is 1.67 bits per heavy atom. The molecular weight excluding hydrogens is 76.1 g/mol. The number of allylic oxidation sites excluding steroid dienone is 1. The van der Waals surface area contributed by atoms with Crippen LogP contribution in [0.3, 0.4) is 0 Å². The second-order valence-electron chi connectivity index (χ2n) is 0.599. The summed E-state index contributed by atoms with van der Waals surface area (Å²) in [4.78, 5) is 0. The zero-order valence-electron chi connectivity index (χ0n) is 2.89. The molecule has 0 aliphatic heterocycles. The van der Waals surface area contributed by atoms with E-state index in [0.29, 0.717) is 0 Å². The van der Waals surface area contributed by atoms with Crippen molar-refractivity contribution in [2.45, 2.75) is 0 Å². The quantitative estimate of drug-likeness (QED) is 0.389. The predicted molar refractivity (Wildman–Crippen MR) is 18.0 cm³/mol. The van der Waals surface area contributed by atoms with Crippen LogP contribution in [0.15, 0.2) is 5.57 Å². The first-order valence-corrected chi connectivity index (χ1v) is 1.20. The Morgan fingerprint density at radius 3 is 1.67 bits per heavy atom. The molecule has 0 saturated carbocycles. The van der Waals surface area contributed by atoms with Crippen LogP contribution in [0, 0.1) is 29.2 Å². The highest BCUT2D eigenvalue weighted by atomic mass is 14.3. The fraction of sp³-hybridized carbons (Fsp3) is 0. The second-order valence-corrected chi connectivity index (χ2v) is 0.599. The van der Waals surface area contributed by atoms with Crippen LogP contribution in [0.1, 0.15) is 0 Å². The molecule has 0 atom stereocenters. The van der Waals surface area contributed by atoms with Gasteiger partial charge in [-0.2, -0.15) is 10.5 Å². The maximum Gasteiger partial charge on any atom is 0.138 e. The maximum atomic E-state index is 7.64. The van der Waals surface area contributed by atoms with Gasteiger partial charge in [0.05, 0.1) is 0 Å². The summed E-state index contributed by atoms with van der Waals surface area (Å²) in [5.74, 6) is 0. The van der Waals surface area contributed by atoms with Gasteiger partial charge < -0.3 is 0 Å². The molecule has 0 spiro atoms. The summed E-state index contributed by atoms with van der Waals surface area (Å²) in [6.07, 6.45) is 0. The molecule has 0 heterocycles. The summed E-state index contributed by atoms with van der Waals surface area (Å²) in [5, 5.41) is 15.3. The SMILES string of the molecule is [C]=C(C#N)C#N. The number of rotatable bonds is 0. The molecule has 2 heteroatoms. The van der Waals surface area contributed by atoms with Crippen molar-refractivity contribution in [3.05, 3.63) is 12.2 Å². The van der Waals surface area contributed by atoms with Crippen LogP contribution in [0.5, 0.6) is 0 Å². The zero-order valence-corrected chi connectivity index (χ0v) is 2.89. The molecule has 0 bridgehead atoms. The van der Waals surface area contributed by atoms with E-state index in [2.05, 4.69) is 0 Å². The average Bonchev–Trinajstić information content (AvgIpc) is 1.65. The molecule has 0 aliphatic carbocycles. The molecule has 0 aromatic rings. The van der Waals surface area contributed by atoms with E-state index in [1.165, 1.54) is 12.1 Å². The smallest absolute Gasteiger partial charge is 0.138 e. The van der Waals surface area contributed by atoms with Gasteiger partial charge in [0, 0.05) is 6.58 Å². The van der Waals surface area contributed by atoms with Crippen LogP contribution in [0.4, 0.5) is 0 Å². The number of hydrogen-bond donors (Lipinski definition) is 0. The fourth-order valence-corrected chi connectivity index (χ4v) is 0.0250. The third-order valence-electron chi connectivity index (χ3n) is 0.224. The van der Waals surface area contributed by atoms with Crippen molar-refractivity contribution in [1.29, 1.82) is 10.5 Å². The van der Waals surface area contributed by atoms with Gasteiger partial charge in [-0.15, -0.1) is 0 Å². The van der Waals surface area contributed by atoms with E-state index < -0.39 is 5.57 Å². The molecule has 0 aromatic carbocycles. The van der Waals surface area contributed by atoms with Gasteiger partial charge in [0.1, 0.15) is 17.7 Å². The van der Waals surface area contributed by atoms with Gasteiger partial charge in [-0.05, 0) is 0 Å². The van der Waals surface area contributed by atoms with Gasteiger partial charge in [-0.25, -0.2) is 0 Å². The van der Waals surface area contributed by atoms with Crippen molar-refractivity contribution < 1.29 is 0 Å². The Kier molecular flexibility index (Phi) is 1.56. The lowest BCUT2D eigenvalue weighted by Crippen LogP contribution is -1.59. The molecule has 2 radical (unpaired) electrons. The van der Waals surface area contributed by atoms with Crippen LogP contribution >= 0.6 is 0 Å². The van der Waals surface area contributed by atoms with E-state index in [1.54, 1.807) is 0 Å². The van der Waals surface area contributed by atoms with Crippen molar-refractivity contribution in [1.82, 2.24) is 0 Å². The first kappa shape index (κ1) is 4.72. The number of nitriles is 2. The van der Waals surface area contributed by atoms with Crippen LogP contribution in [0.25, 0.3) is 0 Å². The number of nitrogens with zero attached hydrogens (tertiary/aromatic N) is 2. The normalized spacial score (nSPS) is 5.00. The van der Waals surface area contributed by atoms with Crippen molar-refractivity contribution in [2.24, 2.45) is 0 Å². The first-order valence-electron chi connectivity index (χ1n) is 1.20. The van der Waals surface area contributed by atoms with Gasteiger partial charge in [-0.1, -0.05) is 0 Å². The number of hydrogen-bond acceptors (Lipinski definition) is 2. The summed E-state index contributed by atoms with van der Waals surface area (Å²) in [6, 6.07) is 2.67. The summed E-state index contributed by atoms with van der Waals surface area (Å²) in [5.41, 5.74) is -0.546. The van der Waals surface area contributed by atoms with E-state index in [9.17, 15) is 0 Å². The van der Waals surface area contributed by atoms with E-state index in [4.69, 9.17) is 17.1 Å². The lowest BCUT2D eigenvalue weighted by Gasteiger charge is -1.57. The summed E-state index contributed by atoms with van der Waals surface area (Å²) in [6.45, 7) is 6.26. The molecular formula is C4N2. The third kappa shape index (κ3) is 1.09. The Morgan fingerprint density at radius 1 is 1.33 bits per heavy atom. The minimum atomic E-state index is -0.546. The van der Waals surface area contributed by atoms with E-state index in [0.717, 1.165) is 0 Å². The monoisotopic (exact) mass is 76.0 g/mol. The van der Waals surface area contributed by atoms with Gasteiger partial charge >= 0.3 is 0 Å². The maximum absolute atomic E-state index is 7.64. The highest BCUT2D eigenvalue weighted by Crippen LogP contribution is 1.75. The molecule has 0 unspecified atom stereocenters. The standard InChI is InChI=1S/C4N2/c1-4(2-5)3-6. The van der Waals surface area contributed by atoms with E-state index in [-0.39, 0.29) is 0 Å². The fourth-order valence-electron chi connectivity index (χ4n) is 0.0250. The summed E-state index contributed by atoms with van der Waals surface area (Å²) < 4.78 is 0.